The normalized spacial score (nSPS) is 16.3. The fourth-order valence-corrected chi connectivity index (χ4v) is 3.29. The van der Waals surface area contributed by atoms with Gasteiger partial charge in [0.1, 0.15) is 6.61 Å². The third kappa shape index (κ3) is 8.67. The number of carbonyl (C=O) groups is 2. The van der Waals surface area contributed by atoms with Crippen molar-refractivity contribution in [2.75, 3.05) is 33.4 Å². The van der Waals surface area contributed by atoms with Gasteiger partial charge in [0.2, 0.25) is 5.91 Å². The van der Waals surface area contributed by atoms with E-state index in [0.29, 0.717) is 12.5 Å². The molecule has 176 valence electrons. The van der Waals surface area contributed by atoms with Crippen molar-refractivity contribution in [3.63, 3.8) is 0 Å². The van der Waals surface area contributed by atoms with Crippen LogP contribution in [-0.2, 0) is 33.8 Å². The first kappa shape index (κ1) is 25.3. The quantitative estimate of drug-likeness (QED) is 0.661. The molecule has 1 amide bonds. The fraction of sp³-hybridized carbons (Fsp3) is 0.476. The lowest BCUT2D eigenvalue weighted by Gasteiger charge is -2.24. The summed E-state index contributed by atoms with van der Waals surface area (Å²) in [5.41, 5.74) is 2.59. The molecule has 0 saturated carbocycles. The summed E-state index contributed by atoms with van der Waals surface area (Å²) in [6, 6.07) is 12.6. The van der Waals surface area contributed by atoms with Crippen LogP contribution in [-0.4, -0.2) is 71.2 Å². The van der Waals surface area contributed by atoms with Gasteiger partial charge in [-0.3, -0.25) is 14.4 Å². The lowest BCUT2D eigenvalue weighted by atomic mass is 10.1. The summed E-state index contributed by atoms with van der Waals surface area (Å²) in [5, 5.41) is 14.5. The SMILES string of the molecule is COCC(=O)NCC1CN(CCc2ccccc2)Cc2ccnn2C1.O=C(O)C(F)(F)F. The minimum absolute atomic E-state index is 0.0664. The highest BCUT2D eigenvalue weighted by molar-refractivity contribution is 5.77. The highest BCUT2D eigenvalue weighted by Gasteiger charge is 2.38. The Morgan fingerprint density at radius 1 is 1.22 bits per heavy atom. The average molecular weight is 456 g/mol. The smallest absolute Gasteiger partial charge is 0.475 e. The van der Waals surface area contributed by atoms with Gasteiger partial charge in [0.15, 0.2) is 0 Å². The van der Waals surface area contributed by atoms with Gasteiger partial charge in [-0.1, -0.05) is 30.3 Å². The van der Waals surface area contributed by atoms with E-state index in [-0.39, 0.29) is 12.5 Å². The molecule has 1 aromatic heterocycles. The van der Waals surface area contributed by atoms with Crippen LogP contribution in [0.25, 0.3) is 0 Å². The van der Waals surface area contributed by atoms with E-state index >= 15 is 0 Å². The molecular weight excluding hydrogens is 429 g/mol. The fourth-order valence-electron chi connectivity index (χ4n) is 3.29. The molecule has 2 aromatic rings. The number of amides is 1. The van der Waals surface area contributed by atoms with E-state index in [1.165, 1.54) is 18.4 Å². The van der Waals surface area contributed by atoms with Crippen molar-refractivity contribution >= 4 is 11.9 Å². The second-order valence-corrected chi connectivity index (χ2v) is 7.38. The van der Waals surface area contributed by atoms with E-state index in [0.717, 1.165) is 32.6 Å². The maximum Gasteiger partial charge on any atom is 0.490 e. The van der Waals surface area contributed by atoms with Crippen LogP contribution in [0.5, 0.6) is 0 Å². The molecule has 0 radical (unpaired) electrons. The summed E-state index contributed by atoms with van der Waals surface area (Å²) >= 11 is 0. The molecule has 32 heavy (non-hydrogen) atoms. The van der Waals surface area contributed by atoms with Crippen molar-refractivity contribution in [1.82, 2.24) is 20.0 Å². The third-order valence-electron chi connectivity index (χ3n) is 4.80. The number of nitrogens with zero attached hydrogens (tertiary/aromatic N) is 3. The summed E-state index contributed by atoms with van der Waals surface area (Å²) < 4.78 is 38.7. The van der Waals surface area contributed by atoms with Crippen LogP contribution in [0, 0.1) is 5.92 Å². The maximum atomic E-state index is 11.7. The second kappa shape index (κ2) is 12.2. The first-order valence-electron chi connectivity index (χ1n) is 10.0. The molecule has 2 N–H and O–H groups in total. The van der Waals surface area contributed by atoms with Crippen LogP contribution in [0.15, 0.2) is 42.6 Å². The lowest BCUT2D eigenvalue weighted by molar-refractivity contribution is -0.192. The van der Waals surface area contributed by atoms with Crippen molar-refractivity contribution in [2.45, 2.75) is 25.7 Å². The van der Waals surface area contributed by atoms with Crippen molar-refractivity contribution in [2.24, 2.45) is 5.92 Å². The van der Waals surface area contributed by atoms with Gasteiger partial charge in [-0.2, -0.15) is 18.3 Å². The third-order valence-corrected chi connectivity index (χ3v) is 4.80. The Balaban J connectivity index is 0.000000451. The van der Waals surface area contributed by atoms with Gasteiger partial charge in [-0.25, -0.2) is 4.79 Å². The zero-order chi connectivity index (χ0) is 23.6. The van der Waals surface area contributed by atoms with Crippen LogP contribution in [0.3, 0.4) is 0 Å². The van der Waals surface area contributed by atoms with Crippen molar-refractivity contribution < 1.29 is 32.6 Å². The summed E-state index contributed by atoms with van der Waals surface area (Å²) in [7, 11) is 1.53. The molecule has 1 unspecified atom stereocenters. The molecule has 2 heterocycles. The molecule has 8 nitrogen and oxygen atoms in total. The van der Waals surface area contributed by atoms with Crippen molar-refractivity contribution in [1.29, 1.82) is 0 Å². The number of ether oxygens (including phenoxy) is 1. The molecule has 3 rings (SSSR count). The van der Waals surface area contributed by atoms with E-state index in [2.05, 4.69) is 50.3 Å². The Kier molecular flexibility index (Phi) is 9.66. The predicted octanol–water partition coefficient (Wildman–Crippen LogP) is 1.95. The number of hydrogen-bond donors (Lipinski definition) is 2. The van der Waals surface area contributed by atoms with Crippen LogP contribution in [0.1, 0.15) is 11.3 Å². The number of aliphatic carboxylic acids is 1. The first-order chi connectivity index (χ1) is 15.2. The Hall–Kier alpha value is -2.92. The van der Waals surface area contributed by atoms with Crippen LogP contribution in [0.4, 0.5) is 13.2 Å². The zero-order valence-electron chi connectivity index (χ0n) is 17.7. The van der Waals surface area contributed by atoms with E-state index in [1.54, 1.807) is 0 Å². The minimum Gasteiger partial charge on any atom is -0.475 e. The summed E-state index contributed by atoms with van der Waals surface area (Å²) in [4.78, 5) is 23.0. The number of benzene rings is 1. The number of nitrogens with one attached hydrogen (secondary N) is 1. The Bertz CT molecular complexity index is 858. The molecule has 0 bridgehead atoms. The first-order valence-corrected chi connectivity index (χ1v) is 10.0. The van der Waals surface area contributed by atoms with Gasteiger partial charge < -0.3 is 15.2 Å². The number of halogens is 3. The summed E-state index contributed by atoms with van der Waals surface area (Å²) in [5.74, 6) is -2.49. The molecule has 1 atom stereocenters. The second-order valence-electron chi connectivity index (χ2n) is 7.38. The number of alkyl halides is 3. The lowest BCUT2D eigenvalue weighted by Crippen LogP contribution is -2.38. The van der Waals surface area contributed by atoms with E-state index < -0.39 is 12.1 Å². The molecular formula is C21H27F3N4O4. The number of aromatic nitrogens is 2. The van der Waals surface area contributed by atoms with Gasteiger partial charge in [0.25, 0.3) is 0 Å². The number of carboxylic acids is 1. The molecule has 0 saturated heterocycles. The van der Waals surface area contributed by atoms with E-state index in [1.807, 2.05) is 12.3 Å². The summed E-state index contributed by atoms with van der Waals surface area (Å²) in [6.45, 7) is 4.43. The number of fused-ring (bicyclic) bond motifs is 1. The molecule has 0 fully saturated rings. The zero-order valence-corrected chi connectivity index (χ0v) is 17.7. The Labute approximate surface area is 184 Å². The Morgan fingerprint density at radius 2 is 1.91 bits per heavy atom. The standard InChI is InChI=1S/C19H26N4O2.C2HF3O2/c1-25-15-19(24)20-11-17-12-22(10-8-16-5-3-2-4-6-16)14-18-7-9-21-23(18)13-17;3-2(4,5)1(6)7/h2-7,9,17H,8,10-15H2,1H3,(H,20,24);(H,6,7). The molecule has 1 aromatic carbocycles. The van der Waals surface area contributed by atoms with Crippen LogP contribution < -0.4 is 5.32 Å². The topological polar surface area (TPSA) is 96.7 Å². The van der Waals surface area contributed by atoms with Crippen molar-refractivity contribution in [3.05, 3.63) is 53.9 Å². The van der Waals surface area contributed by atoms with Gasteiger partial charge >= 0.3 is 12.1 Å². The predicted molar refractivity (Wildman–Crippen MR) is 110 cm³/mol. The number of methoxy groups -OCH3 is 1. The number of rotatable bonds is 7. The molecule has 0 spiro atoms. The Morgan fingerprint density at radius 3 is 2.53 bits per heavy atom. The number of carbonyl (C=O) groups excluding carboxylic acids is 1. The molecule has 0 aliphatic carbocycles. The monoisotopic (exact) mass is 456 g/mol. The van der Waals surface area contributed by atoms with Gasteiger partial charge in [0.05, 0.1) is 5.69 Å². The maximum absolute atomic E-state index is 11.7. The largest absolute Gasteiger partial charge is 0.490 e. The molecule has 11 heteroatoms. The van der Waals surface area contributed by atoms with Crippen LogP contribution >= 0.6 is 0 Å². The highest BCUT2D eigenvalue weighted by Crippen LogP contribution is 2.16. The average Bonchev–Trinajstić information content (AvgIpc) is 3.10. The van der Waals surface area contributed by atoms with E-state index in [9.17, 15) is 18.0 Å². The van der Waals surface area contributed by atoms with Gasteiger partial charge in [-0.15, -0.1) is 0 Å². The number of hydrogen-bond acceptors (Lipinski definition) is 5. The highest BCUT2D eigenvalue weighted by atomic mass is 19.4. The summed E-state index contributed by atoms with van der Waals surface area (Å²) in [6.07, 6.45) is -2.20. The number of carboxylic acid groups (broad SMARTS) is 1. The van der Waals surface area contributed by atoms with Gasteiger partial charge in [-0.05, 0) is 18.1 Å². The van der Waals surface area contributed by atoms with E-state index in [4.69, 9.17) is 14.6 Å². The minimum atomic E-state index is -5.08. The van der Waals surface area contributed by atoms with Gasteiger partial charge in [0, 0.05) is 51.9 Å². The van der Waals surface area contributed by atoms with Crippen molar-refractivity contribution in [3.8, 4) is 0 Å². The molecule has 1 aliphatic heterocycles. The molecule has 1 aliphatic rings. The van der Waals surface area contributed by atoms with Crippen LogP contribution in [0.2, 0.25) is 0 Å².